The van der Waals surface area contributed by atoms with Crippen LogP contribution in [0.4, 0.5) is 5.69 Å². The number of nitro groups is 1. The Balaban J connectivity index is 2.47. The summed E-state index contributed by atoms with van der Waals surface area (Å²) in [6.45, 7) is 2.26. The van der Waals surface area contributed by atoms with Gasteiger partial charge in [0.05, 0.1) is 4.92 Å². The molecule has 0 amide bonds. The molecular formula is C12H16N2O4S. The molecule has 104 valence electrons. The van der Waals surface area contributed by atoms with E-state index in [0.717, 1.165) is 19.3 Å². The molecule has 1 fully saturated rings. The number of hydrogen-bond acceptors (Lipinski definition) is 4. The molecule has 7 heteroatoms. The summed E-state index contributed by atoms with van der Waals surface area (Å²) < 4.78 is 26.5. The van der Waals surface area contributed by atoms with Crippen LogP contribution in [0, 0.1) is 10.1 Å². The number of piperidine rings is 1. The first kappa shape index (κ1) is 14.0. The van der Waals surface area contributed by atoms with Crippen molar-refractivity contribution in [2.45, 2.75) is 37.1 Å². The van der Waals surface area contributed by atoms with Crippen LogP contribution in [0.5, 0.6) is 0 Å². The SMILES string of the molecule is C[C@H]1CCCCN1S(=O)(=O)c1ccccc1[N+](=O)[O-]. The molecule has 0 radical (unpaired) electrons. The van der Waals surface area contributed by atoms with Crippen LogP contribution in [0.1, 0.15) is 26.2 Å². The van der Waals surface area contributed by atoms with Crippen LogP contribution in [0.15, 0.2) is 29.2 Å². The molecule has 1 heterocycles. The average molecular weight is 284 g/mol. The van der Waals surface area contributed by atoms with Crippen molar-refractivity contribution >= 4 is 15.7 Å². The van der Waals surface area contributed by atoms with Crippen molar-refractivity contribution in [3.63, 3.8) is 0 Å². The van der Waals surface area contributed by atoms with E-state index in [9.17, 15) is 18.5 Å². The first-order valence-electron chi connectivity index (χ1n) is 6.20. The first-order valence-corrected chi connectivity index (χ1v) is 7.64. The minimum absolute atomic E-state index is 0.112. The highest BCUT2D eigenvalue weighted by Crippen LogP contribution is 2.30. The fraction of sp³-hybridized carbons (Fsp3) is 0.500. The van der Waals surface area contributed by atoms with Crippen LogP contribution >= 0.6 is 0 Å². The van der Waals surface area contributed by atoms with Gasteiger partial charge in [0.1, 0.15) is 0 Å². The summed E-state index contributed by atoms with van der Waals surface area (Å²) in [7, 11) is -3.80. The predicted molar refractivity (Wildman–Crippen MR) is 70.3 cm³/mol. The fourth-order valence-corrected chi connectivity index (χ4v) is 4.24. The van der Waals surface area contributed by atoms with Gasteiger partial charge in [-0.05, 0) is 25.8 Å². The molecule has 1 atom stereocenters. The molecule has 2 rings (SSSR count). The lowest BCUT2D eigenvalue weighted by atomic mass is 10.1. The molecule has 1 saturated heterocycles. The quantitative estimate of drug-likeness (QED) is 0.629. The van der Waals surface area contributed by atoms with Crippen LogP contribution in [0.25, 0.3) is 0 Å². The van der Waals surface area contributed by atoms with Crippen LogP contribution in [-0.4, -0.2) is 30.2 Å². The van der Waals surface area contributed by atoms with Gasteiger partial charge in [0.15, 0.2) is 4.90 Å². The molecule has 1 aromatic rings. The third-order valence-electron chi connectivity index (χ3n) is 3.39. The summed E-state index contributed by atoms with van der Waals surface area (Å²) in [5, 5.41) is 11.0. The lowest BCUT2D eigenvalue weighted by molar-refractivity contribution is -0.387. The number of nitrogens with zero attached hydrogens (tertiary/aromatic N) is 2. The van der Waals surface area contributed by atoms with Crippen molar-refractivity contribution in [3.05, 3.63) is 34.4 Å². The molecule has 1 aliphatic rings. The third-order valence-corrected chi connectivity index (χ3v) is 5.45. The number of rotatable bonds is 3. The van der Waals surface area contributed by atoms with Gasteiger partial charge in [0.25, 0.3) is 5.69 Å². The van der Waals surface area contributed by atoms with E-state index >= 15 is 0 Å². The summed E-state index contributed by atoms with van der Waals surface area (Å²) in [6.07, 6.45) is 2.58. The highest BCUT2D eigenvalue weighted by molar-refractivity contribution is 7.89. The number of benzene rings is 1. The zero-order valence-electron chi connectivity index (χ0n) is 10.7. The van der Waals surface area contributed by atoms with Crippen molar-refractivity contribution < 1.29 is 13.3 Å². The molecule has 1 aromatic carbocycles. The normalized spacial score (nSPS) is 21.2. The Kier molecular flexibility index (Phi) is 3.86. The lowest BCUT2D eigenvalue weighted by Crippen LogP contribution is -2.42. The van der Waals surface area contributed by atoms with E-state index in [2.05, 4.69) is 0 Å². The Labute approximate surface area is 112 Å². The maximum Gasteiger partial charge on any atom is 0.289 e. The Hall–Kier alpha value is -1.47. The van der Waals surface area contributed by atoms with Crippen molar-refractivity contribution in [3.8, 4) is 0 Å². The van der Waals surface area contributed by atoms with Gasteiger partial charge >= 0.3 is 0 Å². The minimum Gasteiger partial charge on any atom is -0.258 e. The van der Waals surface area contributed by atoms with Crippen molar-refractivity contribution in [1.29, 1.82) is 0 Å². The minimum atomic E-state index is -3.80. The summed E-state index contributed by atoms with van der Waals surface area (Å²) in [6, 6.07) is 5.39. The summed E-state index contributed by atoms with van der Waals surface area (Å²) in [4.78, 5) is 10.1. The van der Waals surface area contributed by atoms with Crippen LogP contribution in [0.2, 0.25) is 0 Å². The topological polar surface area (TPSA) is 80.5 Å². The highest BCUT2D eigenvalue weighted by Gasteiger charge is 2.35. The van der Waals surface area contributed by atoms with Gasteiger partial charge in [-0.15, -0.1) is 0 Å². The molecule has 0 spiro atoms. The number of nitro benzene ring substituents is 1. The van der Waals surface area contributed by atoms with E-state index in [1.807, 2.05) is 6.92 Å². The van der Waals surface area contributed by atoms with E-state index in [1.165, 1.54) is 28.6 Å². The predicted octanol–water partition coefficient (Wildman–Crippen LogP) is 2.16. The van der Waals surface area contributed by atoms with Crippen molar-refractivity contribution in [1.82, 2.24) is 4.31 Å². The fourth-order valence-electron chi connectivity index (χ4n) is 2.38. The molecule has 1 aliphatic heterocycles. The Morgan fingerprint density at radius 1 is 1.32 bits per heavy atom. The van der Waals surface area contributed by atoms with Crippen LogP contribution in [0.3, 0.4) is 0 Å². The summed E-state index contributed by atoms with van der Waals surface area (Å²) >= 11 is 0. The van der Waals surface area contributed by atoms with E-state index < -0.39 is 14.9 Å². The number of sulfonamides is 1. The van der Waals surface area contributed by atoms with Gasteiger partial charge in [0, 0.05) is 18.7 Å². The monoisotopic (exact) mass is 284 g/mol. The zero-order chi connectivity index (χ0) is 14.0. The number of para-hydroxylation sites is 1. The molecule has 0 aliphatic carbocycles. The van der Waals surface area contributed by atoms with Crippen LogP contribution in [-0.2, 0) is 10.0 Å². The third kappa shape index (κ3) is 2.62. The molecule has 0 N–H and O–H groups in total. The molecule has 0 aromatic heterocycles. The van der Waals surface area contributed by atoms with E-state index in [4.69, 9.17) is 0 Å². The average Bonchev–Trinajstić information content (AvgIpc) is 2.39. The van der Waals surface area contributed by atoms with Gasteiger partial charge < -0.3 is 0 Å². The zero-order valence-corrected chi connectivity index (χ0v) is 11.5. The van der Waals surface area contributed by atoms with E-state index in [0.29, 0.717) is 6.54 Å². The van der Waals surface area contributed by atoms with Gasteiger partial charge in [-0.25, -0.2) is 8.42 Å². The second-order valence-corrected chi connectivity index (χ2v) is 6.54. The molecule has 6 nitrogen and oxygen atoms in total. The van der Waals surface area contributed by atoms with Gasteiger partial charge in [-0.2, -0.15) is 4.31 Å². The standard InChI is InChI=1S/C12H16N2O4S/c1-10-6-4-5-9-13(10)19(17,18)12-8-3-2-7-11(12)14(15)16/h2-3,7-8,10H,4-6,9H2,1H3/t10-/m0/s1. The highest BCUT2D eigenvalue weighted by atomic mass is 32.2. The maximum atomic E-state index is 12.5. The Bertz CT molecular complexity index is 585. The van der Waals surface area contributed by atoms with Crippen molar-refractivity contribution in [2.75, 3.05) is 6.54 Å². The lowest BCUT2D eigenvalue weighted by Gasteiger charge is -2.32. The Morgan fingerprint density at radius 3 is 2.63 bits per heavy atom. The molecular weight excluding hydrogens is 268 g/mol. The van der Waals surface area contributed by atoms with Gasteiger partial charge in [0.2, 0.25) is 10.0 Å². The van der Waals surface area contributed by atoms with E-state index in [-0.39, 0.29) is 16.6 Å². The van der Waals surface area contributed by atoms with E-state index in [1.54, 1.807) is 0 Å². The smallest absolute Gasteiger partial charge is 0.258 e. The second kappa shape index (κ2) is 5.26. The summed E-state index contributed by atoms with van der Waals surface area (Å²) in [5.41, 5.74) is -0.361. The van der Waals surface area contributed by atoms with Gasteiger partial charge in [-0.3, -0.25) is 10.1 Å². The molecule has 0 bridgehead atoms. The molecule has 0 unspecified atom stereocenters. The Morgan fingerprint density at radius 2 is 2.00 bits per heavy atom. The maximum absolute atomic E-state index is 12.5. The largest absolute Gasteiger partial charge is 0.289 e. The van der Waals surface area contributed by atoms with Crippen LogP contribution < -0.4 is 0 Å². The van der Waals surface area contributed by atoms with Gasteiger partial charge in [-0.1, -0.05) is 18.6 Å². The first-order chi connectivity index (χ1) is 8.94. The summed E-state index contributed by atoms with van der Waals surface area (Å²) in [5.74, 6) is 0. The number of hydrogen-bond donors (Lipinski definition) is 0. The second-order valence-electron chi connectivity index (χ2n) is 4.69. The molecule has 0 saturated carbocycles. The molecule has 19 heavy (non-hydrogen) atoms. The van der Waals surface area contributed by atoms with Crippen molar-refractivity contribution in [2.24, 2.45) is 0 Å².